The van der Waals surface area contributed by atoms with Crippen LogP contribution in [0.2, 0.25) is 10.0 Å². The molecule has 1 aliphatic heterocycles. The van der Waals surface area contributed by atoms with Crippen molar-refractivity contribution in [1.82, 2.24) is 5.32 Å². The van der Waals surface area contributed by atoms with Gasteiger partial charge in [0.25, 0.3) is 0 Å². The van der Waals surface area contributed by atoms with Gasteiger partial charge in [0.05, 0.1) is 29.6 Å². The summed E-state index contributed by atoms with van der Waals surface area (Å²) < 4.78 is 11.2. The number of thiocarbonyl (C=S) groups is 1. The Morgan fingerprint density at radius 1 is 1.03 bits per heavy atom. The number of furan rings is 1. The minimum absolute atomic E-state index is 0.169. The van der Waals surface area contributed by atoms with Gasteiger partial charge in [-0.1, -0.05) is 29.3 Å². The molecule has 1 fully saturated rings. The third-order valence-electron chi connectivity index (χ3n) is 4.95. The normalized spacial score (nSPS) is 13.8. The van der Waals surface area contributed by atoms with Crippen LogP contribution in [0.1, 0.15) is 5.76 Å². The van der Waals surface area contributed by atoms with Crippen LogP contribution in [0, 0.1) is 0 Å². The van der Waals surface area contributed by atoms with Crippen LogP contribution in [0.4, 0.5) is 11.4 Å². The molecule has 0 spiro atoms. The van der Waals surface area contributed by atoms with Crippen LogP contribution in [0.25, 0.3) is 17.4 Å². The minimum atomic E-state index is -0.383. The summed E-state index contributed by atoms with van der Waals surface area (Å²) in [7, 11) is 0. The molecule has 2 heterocycles. The molecule has 0 atom stereocenters. The van der Waals surface area contributed by atoms with Crippen LogP contribution < -0.4 is 15.5 Å². The van der Waals surface area contributed by atoms with E-state index in [-0.39, 0.29) is 11.0 Å². The molecule has 0 aliphatic carbocycles. The van der Waals surface area contributed by atoms with Crippen LogP contribution in [0.3, 0.4) is 0 Å². The van der Waals surface area contributed by atoms with Crippen molar-refractivity contribution in [3.8, 4) is 11.3 Å². The minimum Gasteiger partial charge on any atom is -0.457 e. The first kappa shape index (κ1) is 23.3. The molecule has 2 aromatic carbocycles. The number of rotatable bonds is 5. The van der Waals surface area contributed by atoms with E-state index < -0.39 is 0 Å². The SMILES string of the molecule is O=C(C=Cc1ccc(-c2ccc(Cl)cc2)o1)NC(=S)Nc1cccc(Cl)c1N1CCOCC1. The fourth-order valence-corrected chi connectivity index (χ4v) is 4.03. The summed E-state index contributed by atoms with van der Waals surface area (Å²) in [5, 5.41) is 7.14. The van der Waals surface area contributed by atoms with Crippen LogP contribution in [-0.4, -0.2) is 37.3 Å². The highest BCUT2D eigenvalue weighted by Gasteiger charge is 2.18. The topological polar surface area (TPSA) is 66.7 Å². The van der Waals surface area contributed by atoms with Crippen LogP contribution in [0.15, 0.2) is 65.1 Å². The molecule has 170 valence electrons. The molecular weight excluding hydrogens is 481 g/mol. The summed E-state index contributed by atoms with van der Waals surface area (Å²) in [6, 6.07) is 16.5. The van der Waals surface area contributed by atoms with Gasteiger partial charge < -0.3 is 19.4 Å². The number of para-hydroxylation sites is 1. The quantitative estimate of drug-likeness (QED) is 0.349. The lowest BCUT2D eigenvalue weighted by molar-refractivity contribution is -0.115. The van der Waals surface area contributed by atoms with E-state index in [4.69, 9.17) is 44.6 Å². The lowest BCUT2D eigenvalue weighted by Crippen LogP contribution is -2.38. The zero-order valence-electron chi connectivity index (χ0n) is 17.5. The first-order chi connectivity index (χ1) is 16.0. The predicted molar refractivity (Wildman–Crippen MR) is 137 cm³/mol. The standard InChI is InChI=1S/C24H21Cl2N3O3S/c25-17-6-4-16(5-7-17)21-10-8-18(32-21)9-11-22(30)28-24(33)27-20-3-1-2-19(26)23(20)29-12-14-31-15-13-29/h1-11H,12-15H2,(H2,27,28,30,33). The molecule has 1 saturated heterocycles. The number of anilines is 2. The lowest BCUT2D eigenvalue weighted by Gasteiger charge is -2.31. The second kappa shape index (κ2) is 10.9. The van der Waals surface area contributed by atoms with E-state index in [1.165, 1.54) is 6.08 Å². The Morgan fingerprint density at radius 3 is 2.55 bits per heavy atom. The monoisotopic (exact) mass is 501 g/mol. The van der Waals surface area contributed by atoms with Gasteiger partial charge in [-0.25, -0.2) is 0 Å². The average Bonchev–Trinajstić information content (AvgIpc) is 3.28. The first-order valence-corrected chi connectivity index (χ1v) is 11.4. The second-order valence-electron chi connectivity index (χ2n) is 7.22. The molecular formula is C24H21Cl2N3O3S. The number of hydrogen-bond acceptors (Lipinski definition) is 5. The van der Waals surface area contributed by atoms with E-state index in [2.05, 4.69) is 15.5 Å². The summed E-state index contributed by atoms with van der Waals surface area (Å²) in [6.45, 7) is 2.70. The van der Waals surface area contributed by atoms with Crippen molar-refractivity contribution in [2.75, 3.05) is 36.5 Å². The molecule has 0 radical (unpaired) electrons. The molecule has 3 aromatic rings. The number of carbonyl (C=O) groups excluding carboxylic acids is 1. The Bertz CT molecular complexity index is 1170. The highest BCUT2D eigenvalue weighted by Crippen LogP contribution is 2.34. The second-order valence-corrected chi connectivity index (χ2v) is 8.47. The molecule has 33 heavy (non-hydrogen) atoms. The Hall–Kier alpha value is -2.84. The maximum Gasteiger partial charge on any atom is 0.250 e. The van der Waals surface area contributed by atoms with Gasteiger partial charge in [-0.05, 0) is 66.8 Å². The fraction of sp³-hybridized carbons (Fsp3) is 0.167. The van der Waals surface area contributed by atoms with Crippen molar-refractivity contribution in [2.45, 2.75) is 0 Å². The number of halogens is 2. The van der Waals surface area contributed by atoms with Gasteiger partial charge in [-0.2, -0.15) is 0 Å². The van der Waals surface area contributed by atoms with Crippen molar-refractivity contribution >= 4 is 63.9 Å². The largest absolute Gasteiger partial charge is 0.457 e. The molecule has 0 unspecified atom stereocenters. The fourth-order valence-electron chi connectivity index (χ4n) is 3.40. The Kier molecular flexibility index (Phi) is 7.67. The number of benzene rings is 2. The first-order valence-electron chi connectivity index (χ1n) is 10.3. The molecule has 1 amide bonds. The predicted octanol–water partition coefficient (Wildman–Crippen LogP) is 5.62. The molecule has 4 rings (SSSR count). The Morgan fingerprint density at radius 2 is 1.79 bits per heavy atom. The average molecular weight is 502 g/mol. The van der Waals surface area contributed by atoms with Gasteiger partial charge in [0.2, 0.25) is 5.91 Å². The summed E-state index contributed by atoms with van der Waals surface area (Å²) in [4.78, 5) is 14.5. The smallest absolute Gasteiger partial charge is 0.250 e. The zero-order valence-corrected chi connectivity index (χ0v) is 19.8. The molecule has 1 aliphatic rings. The molecule has 6 nitrogen and oxygen atoms in total. The van der Waals surface area contributed by atoms with Crippen molar-refractivity contribution in [2.24, 2.45) is 0 Å². The molecule has 1 aromatic heterocycles. The number of carbonyl (C=O) groups is 1. The van der Waals surface area contributed by atoms with Crippen LogP contribution in [-0.2, 0) is 9.53 Å². The van der Waals surface area contributed by atoms with Crippen molar-refractivity contribution in [3.05, 3.63) is 76.5 Å². The maximum absolute atomic E-state index is 12.4. The van der Waals surface area contributed by atoms with Gasteiger partial charge in [0.15, 0.2) is 5.11 Å². The van der Waals surface area contributed by atoms with Gasteiger partial charge in [0.1, 0.15) is 11.5 Å². The summed E-state index contributed by atoms with van der Waals surface area (Å²) >= 11 is 17.7. The molecule has 0 saturated carbocycles. The lowest BCUT2D eigenvalue weighted by atomic mass is 10.2. The van der Waals surface area contributed by atoms with E-state index in [1.54, 1.807) is 24.3 Å². The number of ether oxygens (including phenoxy) is 1. The molecule has 0 bridgehead atoms. The van der Waals surface area contributed by atoms with Crippen molar-refractivity contribution < 1.29 is 13.9 Å². The summed E-state index contributed by atoms with van der Waals surface area (Å²) in [6.07, 6.45) is 2.94. The van der Waals surface area contributed by atoms with Gasteiger partial charge in [0, 0.05) is 29.8 Å². The number of morpholine rings is 1. The van der Waals surface area contributed by atoms with E-state index >= 15 is 0 Å². The Labute approximate surface area is 207 Å². The Balaban J connectivity index is 1.37. The number of hydrogen-bond donors (Lipinski definition) is 2. The summed E-state index contributed by atoms with van der Waals surface area (Å²) in [5.74, 6) is 0.839. The van der Waals surface area contributed by atoms with Gasteiger partial charge >= 0.3 is 0 Å². The third-order valence-corrected chi connectivity index (χ3v) is 5.71. The van der Waals surface area contributed by atoms with Crippen molar-refractivity contribution in [3.63, 3.8) is 0 Å². The van der Waals surface area contributed by atoms with E-state index in [0.29, 0.717) is 34.8 Å². The highest BCUT2D eigenvalue weighted by molar-refractivity contribution is 7.80. The third kappa shape index (κ3) is 6.15. The number of amides is 1. The van der Waals surface area contributed by atoms with E-state index in [1.807, 2.05) is 36.4 Å². The van der Waals surface area contributed by atoms with Crippen LogP contribution >= 0.6 is 35.4 Å². The maximum atomic E-state index is 12.4. The number of nitrogens with zero attached hydrogens (tertiary/aromatic N) is 1. The van der Waals surface area contributed by atoms with Crippen LogP contribution in [0.5, 0.6) is 0 Å². The van der Waals surface area contributed by atoms with E-state index in [0.717, 1.165) is 30.0 Å². The van der Waals surface area contributed by atoms with Gasteiger partial charge in [-0.15, -0.1) is 0 Å². The molecule has 9 heteroatoms. The zero-order chi connectivity index (χ0) is 23.2. The molecule has 2 N–H and O–H groups in total. The van der Waals surface area contributed by atoms with E-state index in [9.17, 15) is 4.79 Å². The number of nitrogens with one attached hydrogen (secondary N) is 2. The highest BCUT2D eigenvalue weighted by atomic mass is 35.5. The van der Waals surface area contributed by atoms with Gasteiger partial charge in [-0.3, -0.25) is 10.1 Å². The van der Waals surface area contributed by atoms with Crippen molar-refractivity contribution in [1.29, 1.82) is 0 Å². The summed E-state index contributed by atoms with van der Waals surface area (Å²) in [5.41, 5.74) is 2.45.